The molecular weight excluding hydrogens is 614 g/mol. The first-order chi connectivity index (χ1) is 23.3. The van der Waals surface area contributed by atoms with Gasteiger partial charge >= 0.3 is 6.01 Å². The van der Waals surface area contributed by atoms with Gasteiger partial charge in [-0.3, -0.25) is 4.90 Å². The summed E-state index contributed by atoms with van der Waals surface area (Å²) in [5.41, 5.74) is 1.26. The molecule has 48 heavy (non-hydrogen) atoms. The molecule has 5 aliphatic heterocycles. The van der Waals surface area contributed by atoms with E-state index in [0.29, 0.717) is 40.7 Å². The third kappa shape index (κ3) is 4.35. The Morgan fingerprint density at radius 1 is 1.15 bits per heavy atom. The highest BCUT2D eigenvalue weighted by molar-refractivity contribution is 6.03. The van der Waals surface area contributed by atoms with Gasteiger partial charge in [-0.05, 0) is 44.1 Å². The van der Waals surface area contributed by atoms with Crippen LogP contribution in [0.1, 0.15) is 38.2 Å². The largest absolute Gasteiger partial charge is 0.472 e. The highest BCUT2D eigenvalue weighted by atomic mass is 19.1. The minimum absolute atomic E-state index is 0.0249. The molecule has 11 heteroatoms. The highest BCUT2D eigenvalue weighted by Gasteiger charge is 2.51. The number of pyridine rings is 1. The third-order valence-corrected chi connectivity index (χ3v) is 11.1. The zero-order chi connectivity index (χ0) is 32.9. The van der Waals surface area contributed by atoms with Crippen molar-refractivity contribution >= 4 is 27.5 Å². The number of fused-ring (bicyclic) bond motifs is 7. The molecule has 1 unspecified atom stereocenters. The number of halogens is 2. The average Bonchev–Trinajstić information content (AvgIpc) is 3.70. The minimum Gasteiger partial charge on any atom is -0.472 e. The van der Waals surface area contributed by atoms with Gasteiger partial charge in [0.25, 0.3) is 0 Å². The van der Waals surface area contributed by atoms with Crippen LogP contribution in [-0.4, -0.2) is 89.1 Å². The fraction of sp³-hybridized carbons (Fsp3) is 0.432. The number of hydrogen-bond acceptors (Lipinski definition) is 9. The van der Waals surface area contributed by atoms with Crippen LogP contribution in [0.2, 0.25) is 0 Å². The summed E-state index contributed by atoms with van der Waals surface area (Å²) in [6.45, 7) is 8.84. The number of nitrogens with zero attached hydrogens (tertiary/aromatic N) is 5. The zero-order valence-corrected chi connectivity index (χ0v) is 26.9. The Morgan fingerprint density at radius 3 is 2.85 bits per heavy atom. The van der Waals surface area contributed by atoms with Crippen LogP contribution in [0.5, 0.6) is 11.9 Å². The molecule has 2 bridgehead atoms. The molecule has 6 atom stereocenters. The van der Waals surface area contributed by atoms with Crippen molar-refractivity contribution in [2.24, 2.45) is 0 Å². The highest BCUT2D eigenvalue weighted by Crippen LogP contribution is 2.46. The number of nitrogens with one attached hydrogen (secondary N) is 1. The van der Waals surface area contributed by atoms with Crippen LogP contribution in [-0.2, 0) is 4.74 Å². The maximum atomic E-state index is 17.2. The van der Waals surface area contributed by atoms with E-state index in [0.717, 1.165) is 44.3 Å². The molecule has 0 radical (unpaired) electrons. The summed E-state index contributed by atoms with van der Waals surface area (Å²) >= 11 is 0. The molecule has 4 saturated heterocycles. The van der Waals surface area contributed by atoms with Gasteiger partial charge in [-0.25, -0.2) is 13.8 Å². The van der Waals surface area contributed by atoms with Gasteiger partial charge in [0.05, 0.1) is 23.2 Å². The van der Waals surface area contributed by atoms with Crippen molar-refractivity contribution in [1.82, 2.24) is 25.2 Å². The summed E-state index contributed by atoms with van der Waals surface area (Å²) in [6.07, 6.45) is 9.18. The molecule has 4 aromatic rings. The SMILES string of the molecule is C#Cc1c(F)ccc2cccc(-c3nc4c5c(nc(OCC67CC(=C)CN6C[C@@H](OC)C7)nc5c3F)N3C[C@H]5CC[C@H](N5)[C@H]3[C@H](C)O4)c12. The van der Waals surface area contributed by atoms with Gasteiger partial charge in [-0.2, -0.15) is 9.97 Å². The number of methoxy groups -OCH3 is 1. The molecule has 9 nitrogen and oxygen atoms in total. The van der Waals surface area contributed by atoms with Crippen molar-refractivity contribution in [3.63, 3.8) is 0 Å². The molecule has 0 amide bonds. The molecular formula is C37H36F2N6O3. The predicted octanol–water partition coefficient (Wildman–Crippen LogP) is 4.99. The summed E-state index contributed by atoms with van der Waals surface area (Å²) in [4.78, 5) is 19.1. The van der Waals surface area contributed by atoms with Crippen LogP contribution in [0.25, 0.3) is 32.9 Å². The van der Waals surface area contributed by atoms with E-state index in [-0.39, 0.29) is 64.5 Å². The molecule has 0 spiro atoms. The van der Waals surface area contributed by atoms with E-state index < -0.39 is 11.6 Å². The van der Waals surface area contributed by atoms with Crippen molar-refractivity contribution < 1.29 is 23.0 Å². The number of anilines is 1. The number of rotatable bonds is 5. The summed E-state index contributed by atoms with van der Waals surface area (Å²) in [5, 5.41) is 5.21. The van der Waals surface area contributed by atoms with Crippen LogP contribution >= 0.6 is 0 Å². The van der Waals surface area contributed by atoms with Crippen molar-refractivity contribution in [1.29, 1.82) is 0 Å². The molecule has 0 saturated carbocycles. The Labute approximate surface area is 277 Å². The number of aromatic nitrogens is 3. The number of ether oxygens (including phenoxy) is 3. The molecule has 246 valence electrons. The first-order valence-corrected chi connectivity index (χ1v) is 16.6. The fourth-order valence-corrected chi connectivity index (χ4v) is 9.05. The van der Waals surface area contributed by atoms with Crippen LogP contribution in [0.4, 0.5) is 14.6 Å². The van der Waals surface area contributed by atoms with Crippen LogP contribution in [0, 0.1) is 24.0 Å². The van der Waals surface area contributed by atoms with E-state index in [9.17, 15) is 0 Å². The van der Waals surface area contributed by atoms with Gasteiger partial charge in [-0.15, -0.1) is 6.42 Å². The maximum Gasteiger partial charge on any atom is 0.319 e. The number of hydrogen-bond donors (Lipinski definition) is 1. The van der Waals surface area contributed by atoms with Crippen molar-refractivity contribution in [2.45, 2.75) is 68.5 Å². The maximum absolute atomic E-state index is 17.2. The van der Waals surface area contributed by atoms with Crippen molar-refractivity contribution in [3.8, 4) is 35.5 Å². The molecule has 7 heterocycles. The van der Waals surface area contributed by atoms with Gasteiger partial charge in [0.15, 0.2) is 5.82 Å². The van der Waals surface area contributed by atoms with Crippen LogP contribution in [0.3, 0.4) is 0 Å². The molecule has 0 aliphatic carbocycles. The zero-order valence-electron chi connectivity index (χ0n) is 26.9. The van der Waals surface area contributed by atoms with E-state index >= 15 is 8.78 Å². The number of benzene rings is 2. The smallest absolute Gasteiger partial charge is 0.319 e. The van der Waals surface area contributed by atoms with E-state index in [1.165, 1.54) is 6.07 Å². The Balaban J connectivity index is 1.24. The lowest BCUT2D eigenvalue weighted by Gasteiger charge is -2.42. The van der Waals surface area contributed by atoms with Gasteiger partial charge in [-0.1, -0.05) is 42.3 Å². The number of piperazine rings is 1. The van der Waals surface area contributed by atoms with Gasteiger partial charge in [0.2, 0.25) is 5.88 Å². The minimum atomic E-state index is -0.677. The fourth-order valence-electron chi connectivity index (χ4n) is 9.05. The summed E-state index contributed by atoms with van der Waals surface area (Å²) in [5.74, 6) is 2.01. The second kappa shape index (κ2) is 10.8. The van der Waals surface area contributed by atoms with E-state index in [2.05, 4.69) is 27.6 Å². The van der Waals surface area contributed by atoms with Gasteiger partial charge in [0.1, 0.15) is 40.9 Å². The molecule has 2 aromatic heterocycles. The second-order valence-electron chi connectivity index (χ2n) is 14.0. The first kappa shape index (κ1) is 29.7. The summed E-state index contributed by atoms with van der Waals surface area (Å²) < 4.78 is 51.0. The molecule has 1 N–H and O–H groups in total. The third-order valence-electron chi connectivity index (χ3n) is 11.1. The van der Waals surface area contributed by atoms with Crippen molar-refractivity contribution in [2.75, 3.05) is 38.3 Å². The molecule has 4 fully saturated rings. The first-order valence-electron chi connectivity index (χ1n) is 16.6. The Kier molecular flexibility index (Phi) is 6.71. The van der Waals surface area contributed by atoms with Crippen LogP contribution < -0.4 is 19.7 Å². The Morgan fingerprint density at radius 2 is 2.02 bits per heavy atom. The van der Waals surface area contributed by atoms with Crippen molar-refractivity contribution in [3.05, 3.63) is 59.7 Å². The summed E-state index contributed by atoms with van der Waals surface area (Å²) in [7, 11) is 1.74. The van der Waals surface area contributed by atoms with E-state index in [1.807, 2.05) is 13.0 Å². The van der Waals surface area contributed by atoms with Gasteiger partial charge in [0, 0.05) is 49.8 Å². The lowest BCUT2D eigenvalue weighted by atomic mass is 9.93. The monoisotopic (exact) mass is 650 g/mol. The average molecular weight is 651 g/mol. The summed E-state index contributed by atoms with van der Waals surface area (Å²) in [6, 6.07) is 8.71. The van der Waals surface area contributed by atoms with E-state index in [4.69, 9.17) is 35.6 Å². The lowest BCUT2D eigenvalue weighted by molar-refractivity contribution is 0.101. The quantitative estimate of drug-likeness (QED) is 0.237. The van der Waals surface area contributed by atoms with E-state index in [1.54, 1.807) is 25.3 Å². The molecule has 9 rings (SSSR count). The van der Waals surface area contributed by atoms with Gasteiger partial charge < -0.3 is 24.4 Å². The molecule has 2 aromatic carbocycles. The number of terminal acetylenes is 1. The Hall–Kier alpha value is -4.37. The second-order valence-corrected chi connectivity index (χ2v) is 14.0. The Bertz CT molecular complexity index is 2070. The predicted molar refractivity (Wildman–Crippen MR) is 178 cm³/mol. The normalized spacial score (nSPS) is 29.1. The standard InChI is InChI=1S/C37H36F2N6O3/c1-5-24-26(38)11-9-21-7-6-8-25(28(21)24)31-30(39)32-29-34(45-16-22-10-12-27(40-22)33(45)20(3)48-35(29)41-31)43-36(42-32)47-18-37-13-19(2)15-44(37)17-23(14-37)46-4/h1,6-9,11,20,22-23,27,33,40H,2,10,12-18H2,3-4H3/t20-,22+,23-,27-,33+,37?/m0/s1. The topological polar surface area (TPSA) is 84.9 Å². The molecule has 5 aliphatic rings. The van der Waals surface area contributed by atoms with Crippen LogP contribution in [0.15, 0.2) is 42.5 Å². The lowest BCUT2D eigenvalue weighted by Crippen LogP contribution is -2.62.